The molecule has 1 aromatic heterocycles. The lowest BCUT2D eigenvalue weighted by Crippen LogP contribution is -2.30. The third-order valence-corrected chi connectivity index (χ3v) is 3.40. The van der Waals surface area contributed by atoms with Gasteiger partial charge in [-0.25, -0.2) is 0 Å². The maximum Gasteiger partial charge on any atom is 0.228 e. The molecule has 1 aromatic carbocycles. The van der Waals surface area contributed by atoms with Crippen molar-refractivity contribution in [3.8, 4) is 0 Å². The third kappa shape index (κ3) is 4.32. The molecule has 20 heavy (non-hydrogen) atoms. The van der Waals surface area contributed by atoms with Crippen LogP contribution in [0.1, 0.15) is 37.5 Å². The van der Waals surface area contributed by atoms with E-state index >= 15 is 0 Å². The average molecular weight is 294 g/mol. The summed E-state index contributed by atoms with van der Waals surface area (Å²) in [5.41, 5.74) is 1.09. The van der Waals surface area contributed by atoms with Crippen molar-refractivity contribution in [1.82, 2.24) is 15.5 Å². The zero-order chi connectivity index (χ0) is 14.4. The Morgan fingerprint density at radius 1 is 1.35 bits per heavy atom. The van der Waals surface area contributed by atoms with Crippen LogP contribution in [0.2, 0.25) is 5.02 Å². The summed E-state index contributed by atoms with van der Waals surface area (Å²) in [5.74, 6) is 1.39. The molecule has 1 N–H and O–H groups in total. The Balaban J connectivity index is 1.98. The van der Waals surface area contributed by atoms with Gasteiger partial charge in [-0.05, 0) is 30.7 Å². The zero-order valence-electron chi connectivity index (χ0n) is 11.9. The normalized spacial score (nSPS) is 12.6. The number of likely N-dealkylation sites (N-methyl/N-ethyl adjacent to an activating group) is 1. The first-order valence-electron chi connectivity index (χ1n) is 7.00. The van der Waals surface area contributed by atoms with Crippen LogP contribution in [0.15, 0.2) is 28.8 Å². The van der Waals surface area contributed by atoms with Crippen LogP contribution in [0.4, 0.5) is 0 Å². The first-order chi connectivity index (χ1) is 9.71. The second-order valence-electron chi connectivity index (χ2n) is 4.78. The van der Waals surface area contributed by atoms with Crippen LogP contribution in [0.3, 0.4) is 0 Å². The van der Waals surface area contributed by atoms with E-state index in [0.717, 1.165) is 30.0 Å². The smallest absolute Gasteiger partial charge is 0.228 e. The fraction of sp³-hybridized carbons (Fsp3) is 0.467. The van der Waals surface area contributed by atoms with Crippen molar-refractivity contribution in [2.45, 2.75) is 39.2 Å². The molecule has 1 atom stereocenters. The van der Waals surface area contributed by atoms with E-state index in [0.29, 0.717) is 24.2 Å². The molecule has 0 fully saturated rings. The number of rotatable bonds is 7. The van der Waals surface area contributed by atoms with E-state index in [1.165, 1.54) is 0 Å². The fourth-order valence-electron chi connectivity index (χ4n) is 2.13. The first kappa shape index (κ1) is 15.0. The second kappa shape index (κ2) is 7.41. The van der Waals surface area contributed by atoms with Crippen LogP contribution in [-0.4, -0.2) is 22.7 Å². The van der Waals surface area contributed by atoms with Crippen molar-refractivity contribution in [3.05, 3.63) is 46.6 Å². The van der Waals surface area contributed by atoms with Crippen molar-refractivity contribution < 1.29 is 4.52 Å². The first-order valence-corrected chi connectivity index (χ1v) is 7.38. The summed E-state index contributed by atoms with van der Waals surface area (Å²) >= 11 is 5.97. The molecule has 5 heteroatoms. The van der Waals surface area contributed by atoms with Crippen molar-refractivity contribution >= 4 is 11.6 Å². The second-order valence-corrected chi connectivity index (χ2v) is 5.21. The molecule has 0 bridgehead atoms. The monoisotopic (exact) mass is 293 g/mol. The van der Waals surface area contributed by atoms with E-state index < -0.39 is 0 Å². The number of hydrogen-bond acceptors (Lipinski definition) is 4. The molecule has 0 spiro atoms. The Hall–Kier alpha value is -1.39. The topological polar surface area (TPSA) is 51.0 Å². The molecule has 0 saturated heterocycles. The molecule has 1 heterocycles. The van der Waals surface area contributed by atoms with Gasteiger partial charge in [-0.2, -0.15) is 4.98 Å². The van der Waals surface area contributed by atoms with Gasteiger partial charge in [-0.15, -0.1) is 0 Å². The minimum absolute atomic E-state index is 0.388. The van der Waals surface area contributed by atoms with Crippen LogP contribution < -0.4 is 5.32 Å². The zero-order valence-corrected chi connectivity index (χ0v) is 12.7. The lowest BCUT2D eigenvalue weighted by atomic mass is 10.1. The highest BCUT2D eigenvalue weighted by atomic mass is 35.5. The molecule has 2 rings (SSSR count). The number of halogens is 1. The predicted molar refractivity (Wildman–Crippen MR) is 80.0 cm³/mol. The number of benzene rings is 1. The molecule has 4 nitrogen and oxygen atoms in total. The number of nitrogens with zero attached hydrogens (tertiary/aromatic N) is 2. The largest absolute Gasteiger partial charge is 0.339 e. The van der Waals surface area contributed by atoms with Crippen molar-refractivity contribution in [2.24, 2.45) is 0 Å². The van der Waals surface area contributed by atoms with Crippen molar-refractivity contribution in [2.75, 3.05) is 6.54 Å². The summed E-state index contributed by atoms with van der Waals surface area (Å²) in [6.45, 7) is 5.19. The van der Waals surface area contributed by atoms with Crippen LogP contribution in [-0.2, 0) is 12.8 Å². The van der Waals surface area contributed by atoms with Gasteiger partial charge in [0, 0.05) is 23.9 Å². The maximum absolute atomic E-state index is 5.97. The Bertz CT molecular complexity index is 541. The minimum atomic E-state index is 0.388. The van der Waals surface area contributed by atoms with Gasteiger partial charge in [0.2, 0.25) is 5.89 Å². The van der Waals surface area contributed by atoms with Gasteiger partial charge in [-0.1, -0.05) is 42.7 Å². The standard InChI is InChI=1S/C15H20ClN3O/c1-3-13(17-4-2)10-15-18-14(19-20-15)9-11-6-5-7-12(16)8-11/h5-8,13,17H,3-4,9-10H2,1-2H3. The van der Waals surface area contributed by atoms with E-state index in [1.807, 2.05) is 24.3 Å². The third-order valence-electron chi connectivity index (χ3n) is 3.17. The van der Waals surface area contributed by atoms with Gasteiger partial charge in [0.15, 0.2) is 5.82 Å². The SMILES string of the molecule is CCNC(CC)Cc1nc(Cc2cccc(Cl)c2)no1. The maximum atomic E-state index is 5.97. The van der Waals surface area contributed by atoms with E-state index in [-0.39, 0.29) is 0 Å². The molecule has 0 saturated carbocycles. The highest BCUT2D eigenvalue weighted by Crippen LogP contribution is 2.14. The molecule has 0 amide bonds. The Morgan fingerprint density at radius 2 is 2.20 bits per heavy atom. The van der Waals surface area contributed by atoms with Gasteiger partial charge in [-0.3, -0.25) is 0 Å². The summed E-state index contributed by atoms with van der Waals surface area (Å²) in [6.07, 6.45) is 2.45. The van der Waals surface area contributed by atoms with E-state index in [1.54, 1.807) is 0 Å². The van der Waals surface area contributed by atoms with Crippen LogP contribution in [0, 0.1) is 0 Å². The van der Waals surface area contributed by atoms with Gasteiger partial charge < -0.3 is 9.84 Å². The Morgan fingerprint density at radius 3 is 2.90 bits per heavy atom. The van der Waals surface area contributed by atoms with E-state index in [2.05, 4.69) is 29.3 Å². The van der Waals surface area contributed by atoms with Crippen LogP contribution >= 0.6 is 11.6 Å². The van der Waals surface area contributed by atoms with Gasteiger partial charge >= 0.3 is 0 Å². The highest BCUT2D eigenvalue weighted by molar-refractivity contribution is 6.30. The molecule has 108 valence electrons. The van der Waals surface area contributed by atoms with Gasteiger partial charge in [0.05, 0.1) is 0 Å². The summed E-state index contributed by atoms with van der Waals surface area (Å²) in [5, 5.41) is 8.16. The molecule has 0 aliphatic carbocycles. The molecule has 0 radical (unpaired) electrons. The molecular weight excluding hydrogens is 274 g/mol. The van der Waals surface area contributed by atoms with Crippen LogP contribution in [0.25, 0.3) is 0 Å². The highest BCUT2D eigenvalue weighted by Gasteiger charge is 2.12. The average Bonchev–Trinajstić information content (AvgIpc) is 2.85. The van der Waals surface area contributed by atoms with E-state index in [4.69, 9.17) is 16.1 Å². The number of aromatic nitrogens is 2. The Kier molecular flexibility index (Phi) is 5.56. The molecule has 1 unspecified atom stereocenters. The minimum Gasteiger partial charge on any atom is -0.339 e. The molecule has 2 aromatic rings. The lowest BCUT2D eigenvalue weighted by molar-refractivity contribution is 0.352. The predicted octanol–water partition coefficient (Wildman–Crippen LogP) is 3.24. The molecule has 0 aliphatic rings. The van der Waals surface area contributed by atoms with E-state index in [9.17, 15) is 0 Å². The van der Waals surface area contributed by atoms with Gasteiger partial charge in [0.1, 0.15) is 0 Å². The molecular formula is C15H20ClN3O. The molecule has 0 aliphatic heterocycles. The van der Waals surface area contributed by atoms with Gasteiger partial charge in [0.25, 0.3) is 0 Å². The summed E-state index contributed by atoms with van der Waals surface area (Å²) in [6, 6.07) is 8.10. The van der Waals surface area contributed by atoms with Crippen LogP contribution in [0.5, 0.6) is 0 Å². The van der Waals surface area contributed by atoms with Crippen molar-refractivity contribution in [3.63, 3.8) is 0 Å². The quantitative estimate of drug-likeness (QED) is 0.851. The number of hydrogen-bond donors (Lipinski definition) is 1. The van der Waals surface area contributed by atoms with Crippen molar-refractivity contribution in [1.29, 1.82) is 0 Å². The lowest BCUT2D eigenvalue weighted by Gasteiger charge is -2.12. The summed E-state index contributed by atoms with van der Waals surface area (Å²) in [7, 11) is 0. The summed E-state index contributed by atoms with van der Waals surface area (Å²) < 4.78 is 5.31. The summed E-state index contributed by atoms with van der Waals surface area (Å²) in [4.78, 5) is 4.44. The fourth-order valence-corrected chi connectivity index (χ4v) is 2.35. The Labute approximate surface area is 124 Å². The number of nitrogens with one attached hydrogen (secondary N) is 1.